The molecule has 9 nitrogen and oxygen atoms in total. The highest BCUT2D eigenvalue weighted by molar-refractivity contribution is 5.92. The van der Waals surface area contributed by atoms with E-state index in [1.54, 1.807) is 23.5 Å². The Labute approximate surface area is 229 Å². The predicted octanol–water partition coefficient (Wildman–Crippen LogP) is 3.95. The number of aromatic nitrogens is 3. The van der Waals surface area contributed by atoms with Gasteiger partial charge >= 0.3 is 6.18 Å². The van der Waals surface area contributed by atoms with Crippen molar-refractivity contribution in [2.24, 2.45) is 0 Å². The number of rotatable bonds is 8. The van der Waals surface area contributed by atoms with E-state index in [-0.39, 0.29) is 28.7 Å². The molecule has 4 rings (SSSR count). The van der Waals surface area contributed by atoms with Gasteiger partial charge < -0.3 is 20.1 Å². The number of ether oxygens (including phenoxy) is 1. The summed E-state index contributed by atoms with van der Waals surface area (Å²) < 4.78 is 60.4. The van der Waals surface area contributed by atoms with Crippen molar-refractivity contribution in [1.29, 1.82) is 0 Å². The average molecular weight is 565 g/mol. The van der Waals surface area contributed by atoms with Crippen molar-refractivity contribution >= 4 is 5.91 Å². The van der Waals surface area contributed by atoms with Gasteiger partial charge in [-0.25, -0.2) is 4.39 Å². The van der Waals surface area contributed by atoms with Crippen molar-refractivity contribution in [2.75, 3.05) is 46.9 Å². The number of phenols is 1. The molecule has 0 aliphatic carbocycles. The fourth-order valence-electron chi connectivity index (χ4n) is 4.55. The van der Waals surface area contributed by atoms with Crippen molar-refractivity contribution in [3.63, 3.8) is 0 Å². The molecule has 0 atom stereocenters. The van der Waals surface area contributed by atoms with Gasteiger partial charge in [0.2, 0.25) is 5.82 Å². The molecule has 0 saturated carbocycles. The molecule has 2 N–H and O–H groups in total. The van der Waals surface area contributed by atoms with Gasteiger partial charge in [0.15, 0.2) is 5.82 Å². The quantitative estimate of drug-likeness (QED) is 0.400. The molecule has 1 aliphatic rings. The lowest BCUT2D eigenvalue weighted by molar-refractivity contribution is -0.123. The number of benzene rings is 2. The smallest absolute Gasteiger partial charge is 0.405 e. The van der Waals surface area contributed by atoms with Crippen molar-refractivity contribution in [2.45, 2.75) is 32.5 Å². The van der Waals surface area contributed by atoms with E-state index < -0.39 is 30.3 Å². The predicted molar refractivity (Wildman–Crippen MR) is 140 cm³/mol. The van der Waals surface area contributed by atoms with E-state index in [1.165, 1.54) is 19.2 Å². The minimum atomic E-state index is -4.65. The number of likely N-dealkylation sites (N-methyl/N-ethyl adjacent to an activating group) is 1. The molecule has 40 heavy (non-hydrogen) atoms. The van der Waals surface area contributed by atoms with E-state index in [0.29, 0.717) is 23.4 Å². The van der Waals surface area contributed by atoms with Crippen LogP contribution in [0.5, 0.6) is 11.5 Å². The van der Waals surface area contributed by atoms with E-state index in [2.05, 4.69) is 20.0 Å². The Morgan fingerprint density at radius 3 is 2.42 bits per heavy atom. The standard InChI is InChI=1S/C27H32F4N6O3/c1-16(2)19-12-20(22(38)13-23(19)40-4)24-33-34-25(26(39)32-15-27(29,30)31)37(24)18-6-5-17(21(28)11-18)14-36-9-7-35(3)8-10-36/h5-6,11-13,16,38H,7-10,14-15H2,1-4H3,(H,32,39). The summed E-state index contributed by atoms with van der Waals surface area (Å²) in [5.74, 6) is -2.13. The van der Waals surface area contributed by atoms with Crippen molar-refractivity contribution in [3.05, 3.63) is 53.1 Å². The summed E-state index contributed by atoms with van der Waals surface area (Å²) in [5, 5.41) is 20.5. The third kappa shape index (κ3) is 6.53. The Kier molecular flexibility index (Phi) is 8.64. The summed E-state index contributed by atoms with van der Waals surface area (Å²) in [6, 6.07) is 7.29. The lowest BCUT2D eigenvalue weighted by Gasteiger charge is -2.32. The number of amides is 1. The third-order valence-electron chi connectivity index (χ3n) is 6.81. The highest BCUT2D eigenvalue weighted by Gasteiger charge is 2.31. The second-order valence-corrected chi connectivity index (χ2v) is 10.1. The monoisotopic (exact) mass is 564 g/mol. The van der Waals surface area contributed by atoms with E-state index in [4.69, 9.17) is 4.74 Å². The first-order chi connectivity index (χ1) is 18.9. The van der Waals surface area contributed by atoms with Gasteiger partial charge in [-0.1, -0.05) is 19.9 Å². The van der Waals surface area contributed by atoms with Crippen molar-refractivity contribution < 1.29 is 32.2 Å². The molecule has 2 heterocycles. The van der Waals surface area contributed by atoms with Crippen LogP contribution < -0.4 is 10.1 Å². The Balaban J connectivity index is 1.78. The summed E-state index contributed by atoms with van der Waals surface area (Å²) in [5.41, 5.74) is 1.40. The zero-order valence-corrected chi connectivity index (χ0v) is 22.7. The number of nitrogens with zero attached hydrogens (tertiary/aromatic N) is 5. The Morgan fingerprint density at radius 1 is 1.12 bits per heavy atom. The molecule has 216 valence electrons. The van der Waals surface area contributed by atoms with Gasteiger partial charge in [-0.15, -0.1) is 10.2 Å². The van der Waals surface area contributed by atoms with E-state index in [1.807, 2.05) is 20.9 Å². The fourth-order valence-corrected chi connectivity index (χ4v) is 4.55. The number of phenolic OH excluding ortho intramolecular Hbond substituents is 1. The normalized spacial score (nSPS) is 15.0. The molecule has 1 fully saturated rings. The minimum Gasteiger partial charge on any atom is -0.507 e. The molecule has 13 heteroatoms. The van der Waals surface area contributed by atoms with Gasteiger partial charge in [0.1, 0.15) is 23.9 Å². The molecular formula is C27H32F4N6O3. The second kappa shape index (κ2) is 11.8. The average Bonchev–Trinajstić information content (AvgIpc) is 3.33. The van der Waals surface area contributed by atoms with Gasteiger partial charge in [-0.3, -0.25) is 14.3 Å². The molecule has 1 saturated heterocycles. The van der Waals surface area contributed by atoms with Crippen molar-refractivity contribution in [3.8, 4) is 28.6 Å². The second-order valence-electron chi connectivity index (χ2n) is 10.1. The Hall–Kier alpha value is -3.71. The van der Waals surface area contributed by atoms with Crippen LogP contribution in [0.3, 0.4) is 0 Å². The fraction of sp³-hybridized carbons (Fsp3) is 0.444. The first-order valence-corrected chi connectivity index (χ1v) is 12.8. The number of piperazine rings is 1. The molecule has 2 aromatic carbocycles. The number of methoxy groups -OCH3 is 1. The Bertz CT molecular complexity index is 1370. The van der Waals surface area contributed by atoms with Crippen LogP contribution in [0.15, 0.2) is 30.3 Å². The maximum atomic E-state index is 15.4. The minimum absolute atomic E-state index is 0.0356. The van der Waals surface area contributed by atoms with Crippen LogP contribution in [-0.4, -0.2) is 88.6 Å². The number of alkyl halides is 3. The third-order valence-corrected chi connectivity index (χ3v) is 6.81. The summed E-state index contributed by atoms with van der Waals surface area (Å²) in [4.78, 5) is 17.1. The molecule has 3 aromatic rings. The lowest BCUT2D eigenvalue weighted by Crippen LogP contribution is -2.44. The van der Waals surface area contributed by atoms with Crippen molar-refractivity contribution in [1.82, 2.24) is 29.9 Å². The molecular weight excluding hydrogens is 532 g/mol. The number of hydrogen-bond acceptors (Lipinski definition) is 7. The molecule has 1 amide bonds. The number of carbonyl (C=O) groups is 1. The Morgan fingerprint density at radius 2 is 1.82 bits per heavy atom. The summed E-state index contributed by atoms with van der Waals surface area (Å²) >= 11 is 0. The highest BCUT2D eigenvalue weighted by atomic mass is 19.4. The van der Waals surface area contributed by atoms with Gasteiger partial charge in [0, 0.05) is 44.4 Å². The molecule has 0 spiro atoms. The van der Waals surface area contributed by atoms with E-state index in [0.717, 1.165) is 30.7 Å². The zero-order chi connectivity index (χ0) is 29.2. The molecule has 0 unspecified atom stereocenters. The lowest BCUT2D eigenvalue weighted by atomic mass is 9.98. The number of hydrogen-bond donors (Lipinski definition) is 2. The molecule has 1 aromatic heterocycles. The van der Waals surface area contributed by atoms with Crippen LogP contribution in [0.1, 0.15) is 41.5 Å². The zero-order valence-electron chi connectivity index (χ0n) is 22.7. The van der Waals surface area contributed by atoms with Gasteiger partial charge in [0.05, 0.1) is 18.4 Å². The van der Waals surface area contributed by atoms with Crippen LogP contribution in [0.25, 0.3) is 17.1 Å². The summed E-state index contributed by atoms with van der Waals surface area (Å²) in [6.45, 7) is 5.91. The van der Waals surface area contributed by atoms with Crippen LogP contribution in [0, 0.1) is 5.82 Å². The van der Waals surface area contributed by atoms with E-state index in [9.17, 15) is 23.1 Å². The van der Waals surface area contributed by atoms with Gasteiger partial charge in [-0.2, -0.15) is 13.2 Å². The first kappa shape index (κ1) is 29.3. The highest BCUT2D eigenvalue weighted by Crippen LogP contribution is 2.38. The number of halogens is 4. The first-order valence-electron chi connectivity index (χ1n) is 12.8. The maximum Gasteiger partial charge on any atom is 0.405 e. The number of nitrogens with one attached hydrogen (secondary N) is 1. The summed E-state index contributed by atoms with van der Waals surface area (Å²) in [7, 11) is 3.48. The topological polar surface area (TPSA) is 95.8 Å². The van der Waals surface area contributed by atoms with Crippen LogP contribution in [0.4, 0.5) is 17.6 Å². The van der Waals surface area contributed by atoms with Crippen LogP contribution in [-0.2, 0) is 6.54 Å². The summed E-state index contributed by atoms with van der Waals surface area (Å²) in [6.07, 6.45) is -4.65. The largest absolute Gasteiger partial charge is 0.507 e. The molecule has 0 bridgehead atoms. The number of carbonyl (C=O) groups excluding carboxylic acids is 1. The van der Waals surface area contributed by atoms with Gasteiger partial charge in [0.25, 0.3) is 5.91 Å². The maximum absolute atomic E-state index is 15.4. The van der Waals surface area contributed by atoms with E-state index >= 15 is 4.39 Å². The molecule has 0 radical (unpaired) electrons. The van der Waals surface area contributed by atoms with Gasteiger partial charge in [-0.05, 0) is 36.7 Å². The van der Waals surface area contributed by atoms with Crippen LogP contribution in [0.2, 0.25) is 0 Å². The molecule has 1 aliphatic heterocycles. The SMILES string of the molecule is COc1cc(O)c(-c2nnc(C(=O)NCC(F)(F)F)n2-c2ccc(CN3CCN(C)CC3)c(F)c2)cc1C(C)C. The van der Waals surface area contributed by atoms with Crippen LogP contribution >= 0.6 is 0 Å². The number of aromatic hydroxyl groups is 1.